The maximum Gasteiger partial charge on any atom is 0.324 e. The lowest BCUT2D eigenvalue weighted by molar-refractivity contribution is -0.128. The van der Waals surface area contributed by atoms with Gasteiger partial charge in [0.15, 0.2) is 0 Å². The van der Waals surface area contributed by atoms with Crippen molar-refractivity contribution < 1.29 is 9.59 Å². The van der Waals surface area contributed by atoms with Gasteiger partial charge in [0.2, 0.25) is 0 Å². The second kappa shape index (κ2) is 4.44. The van der Waals surface area contributed by atoms with E-state index in [-0.39, 0.29) is 23.9 Å². The lowest BCUT2D eigenvalue weighted by Crippen LogP contribution is -2.35. The Morgan fingerprint density at radius 2 is 2.07 bits per heavy atom. The van der Waals surface area contributed by atoms with Crippen molar-refractivity contribution in [3.63, 3.8) is 0 Å². The molecule has 1 fully saturated rings. The number of rotatable bonds is 4. The van der Waals surface area contributed by atoms with E-state index in [0.717, 1.165) is 12.8 Å². The molecule has 2 atom stereocenters. The minimum atomic E-state index is -0.306. The number of nitrogens with one attached hydrogen (secondary N) is 1. The summed E-state index contributed by atoms with van der Waals surface area (Å²) in [5.74, 6) is 0.152. The van der Waals surface area contributed by atoms with E-state index in [1.807, 2.05) is 20.8 Å². The van der Waals surface area contributed by atoms with Crippen LogP contribution in [-0.4, -0.2) is 29.4 Å². The Morgan fingerprint density at radius 1 is 1.43 bits per heavy atom. The van der Waals surface area contributed by atoms with Crippen molar-refractivity contribution >= 4 is 11.9 Å². The first-order chi connectivity index (χ1) is 6.61. The van der Waals surface area contributed by atoms with Gasteiger partial charge in [-0.2, -0.15) is 0 Å². The first kappa shape index (κ1) is 11.0. The molecule has 80 valence electrons. The lowest BCUT2D eigenvalue weighted by atomic mass is 9.99. The van der Waals surface area contributed by atoms with Crippen LogP contribution in [0.25, 0.3) is 0 Å². The fourth-order valence-corrected chi connectivity index (χ4v) is 1.60. The van der Waals surface area contributed by atoms with Gasteiger partial charge >= 0.3 is 6.03 Å². The SMILES string of the molecule is CCCN1C(=O)NC(C(C)CC)C1=O. The Morgan fingerprint density at radius 3 is 2.57 bits per heavy atom. The largest absolute Gasteiger partial charge is 0.326 e. The van der Waals surface area contributed by atoms with Gasteiger partial charge in [-0.05, 0) is 12.3 Å². The summed E-state index contributed by atoms with van der Waals surface area (Å²) in [7, 11) is 0. The van der Waals surface area contributed by atoms with Crippen LogP contribution in [0.1, 0.15) is 33.6 Å². The predicted octanol–water partition coefficient (Wildman–Crippen LogP) is 1.36. The van der Waals surface area contributed by atoms with E-state index < -0.39 is 0 Å². The van der Waals surface area contributed by atoms with Gasteiger partial charge < -0.3 is 5.32 Å². The molecule has 0 aromatic heterocycles. The van der Waals surface area contributed by atoms with Crippen molar-refractivity contribution in [3.8, 4) is 0 Å². The number of hydrogen-bond acceptors (Lipinski definition) is 2. The molecule has 0 aliphatic carbocycles. The van der Waals surface area contributed by atoms with Crippen molar-refractivity contribution in [1.29, 1.82) is 0 Å². The van der Waals surface area contributed by atoms with Crippen LogP contribution in [-0.2, 0) is 4.79 Å². The second-order valence-electron chi connectivity index (χ2n) is 3.80. The summed E-state index contributed by atoms with van der Waals surface area (Å²) in [4.78, 5) is 24.5. The lowest BCUT2D eigenvalue weighted by Gasteiger charge is -2.15. The smallest absolute Gasteiger partial charge is 0.324 e. The molecule has 0 bridgehead atoms. The third kappa shape index (κ3) is 1.89. The molecule has 0 aromatic rings. The molecule has 1 aliphatic heterocycles. The molecule has 1 aliphatic rings. The van der Waals surface area contributed by atoms with Crippen LogP contribution in [0.5, 0.6) is 0 Å². The van der Waals surface area contributed by atoms with Gasteiger partial charge in [0.1, 0.15) is 6.04 Å². The van der Waals surface area contributed by atoms with Crippen LogP contribution in [0.4, 0.5) is 4.79 Å². The Balaban J connectivity index is 2.68. The highest BCUT2D eigenvalue weighted by molar-refractivity contribution is 6.04. The number of carbonyl (C=O) groups excluding carboxylic acids is 2. The van der Waals surface area contributed by atoms with E-state index in [4.69, 9.17) is 0 Å². The van der Waals surface area contributed by atoms with Crippen LogP contribution in [0.15, 0.2) is 0 Å². The van der Waals surface area contributed by atoms with E-state index >= 15 is 0 Å². The van der Waals surface area contributed by atoms with Crippen molar-refractivity contribution in [2.45, 2.75) is 39.7 Å². The normalized spacial score (nSPS) is 23.9. The molecular formula is C10H18N2O2. The first-order valence-electron chi connectivity index (χ1n) is 5.23. The highest BCUT2D eigenvalue weighted by Crippen LogP contribution is 2.16. The molecule has 0 radical (unpaired) electrons. The standard InChI is InChI=1S/C10H18N2O2/c1-4-6-12-9(13)8(7(3)5-2)11-10(12)14/h7-8H,4-6H2,1-3H3,(H,11,14). The number of urea groups is 1. The summed E-state index contributed by atoms with van der Waals surface area (Å²) in [6.07, 6.45) is 1.71. The van der Waals surface area contributed by atoms with Crippen molar-refractivity contribution in [1.82, 2.24) is 10.2 Å². The quantitative estimate of drug-likeness (QED) is 0.693. The summed E-state index contributed by atoms with van der Waals surface area (Å²) in [6.45, 7) is 6.49. The maximum absolute atomic E-state index is 11.7. The van der Waals surface area contributed by atoms with Crippen LogP contribution in [0.2, 0.25) is 0 Å². The molecule has 14 heavy (non-hydrogen) atoms. The molecule has 1 rings (SSSR count). The van der Waals surface area contributed by atoms with Gasteiger partial charge in [-0.25, -0.2) is 4.79 Å². The summed E-state index contributed by atoms with van der Waals surface area (Å²) in [6, 6.07) is -0.541. The van der Waals surface area contributed by atoms with Gasteiger partial charge in [0.05, 0.1) is 0 Å². The van der Waals surface area contributed by atoms with Gasteiger partial charge in [-0.15, -0.1) is 0 Å². The Hall–Kier alpha value is -1.06. The van der Waals surface area contributed by atoms with E-state index in [0.29, 0.717) is 6.54 Å². The van der Waals surface area contributed by atoms with E-state index in [2.05, 4.69) is 5.32 Å². The Bertz CT molecular complexity index is 240. The third-order valence-electron chi connectivity index (χ3n) is 2.72. The summed E-state index contributed by atoms with van der Waals surface area (Å²) in [5.41, 5.74) is 0. The molecular weight excluding hydrogens is 180 g/mol. The van der Waals surface area contributed by atoms with Crippen LogP contribution in [0, 0.1) is 5.92 Å². The minimum Gasteiger partial charge on any atom is -0.326 e. The average Bonchev–Trinajstić information content (AvgIpc) is 2.45. The zero-order chi connectivity index (χ0) is 10.7. The zero-order valence-corrected chi connectivity index (χ0v) is 9.04. The highest BCUT2D eigenvalue weighted by atomic mass is 16.2. The third-order valence-corrected chi connectivity index (χ3v) is 2.72. The highest BCUT2D eigenvalue weighted by Gasteiger charge is 2.39. The molecule has 4 nitrogen and oxygen atoms in total. The minimum absolute atomic E-state index is 0.0637. The molecule has 0 spiro atoms. The van der Waals surface area contributed by atoms with E-state index in [1.54, 1.807) is 0 Å². The fourth-order valence-electron chi connectivity index (χ4n) is 1.60. The van der Waals surface area contributed by atoms with Gasteiger partial charge in [-0.3, -0.25) is 9.69 Å². The molecule has 2 unspecified atom stereocenters. The van der Waals surface area contributed by atoms with Gasteiger partial charge in [-0.1, -0.05) is 27.2 Å². The van der Waals surface area contributed by atoms with Crippen LogP contribution >= 0.6 is 0 Å². The van der Waals surface area contributed by atoms with Gasteiger partial charge in [0, 0.05) is 6.54 Å². The number of carbonyl (C=O) groups is 2. The van der Waals surface area contributed by atoms with Crippen molar-refractivity contribution in [2.24, 2.45) is 5.92 Å². The van der Waals surface area contributed by atoms with E-state index in [1.165, 1.54) is 4.90 Å². The average molecular weight is 198 g/mol. The predicted molar refractivity (Wildman–Crippen MR) is 53.8 cm³/mol. The number of nitrogens with zero attached hydrogens (tertiary/aromatic N) is 1. The van der Waals surface area contributed by atoms with Crippen LogP contribution in [0.3, 0.4) is 0 Å². The molecule has 3 amide bonds. The fraction of sp³-hybridized carbons (Fsp3) is 0.800. The molecule has 0 saturated carbocycles. The molecule has 4 heteroatoms. The number of amides is 3. The van der Waals surface area contributed by atoms with Crippen molar-refractivity contribution in [2.75, 3.05) is 6.54 Å². The summed E-state index contributed by atoms with van der Waals surface area (Å²) in [5, 5.41) is 2.73. The van der Waals surface area contributed by atoms with Crippen LogP contribution < -0.4 is 5.32 Å². The van der Waals surface area contributed by atoms with Gasteiger partial charge in [0.25, 0.3) is 5.91 Å². The topological polar surface area (TPSA) is 49.4 Å². The Kier molecular flexibility index (Phi) is 3.49. The summed E-state index contributed by atoms with van der Waals surface area (Å²) >= 11 is 0. The molecule has 1 N–H and O–H groups in total. The Labute approximate surface area is 84.7 Å². The van der Waals surface area contributed by atoms with E-state index in [9.17, 15) is 9.59 Å². The number of hydrogen-bond donors (Lipinski definition) is 1. The second-order valence-corrected chi connectivity index (χ2v) is 3.80. The first-order valence-corrected chi connectivity index (χ1v) is 5.23. The van der Waals surface area contributed by atoms with Crippen molar-refractivity contribution in [3.05, 3.63) is 0 Å². The molecule has 1 heterocycles. The summed E-state index contributed by atoms with van der Waals surface area (Å²) < 4.78 is 0. The molecule has 1 saturated heterocycles. The maximum atomic E-state index is 11.7. The number of imide groups is 1. The molecule has 0 aromatic carbocycles. The zero-order valence-electron chi connectivity index (χ0n) is 9.04. The monoisotopic (exact) mass is 198 g/mol.